The van der Waals surface area contributed by atoms with Gasteiger partial charge in [0, 0.05) is 15.8 Å². The first kappa shape index (κ1) is 25.5. The second-order valence-corrected chi connectivity index (χ2v) is 12.1. The minimum atomic E-state index is -4.09. The highest BCUT2D eigenvalue weighted by Gasteiger charge is 2.28. The zero-order valence-electron chi connectivity index (χ0n) is 18.0. The molecule has 180 valence electrons. The van der Waals surface area contributed by atoms with Gasteiger partial charge in [-0.25, -0.2) is 8.42 Å². The lowest BCUT2D eigenvalue weighted by atomic mass is 10.2. The number of rotatable bonds is 9. The predicted molar refractivity (Wildman–Crippen MR) is 142 cm³/mol. The fourth-order valence-corrected chi connectivity index (χ4v) is 6.71. The highest BCUT2D eigenvalue weighted by atomic mass is 35.5. The summed E-state index contributed by atoms with van der Waals surface area (Å²) in [4.78, 5) is 12.9. The van der Waals surface area contributed by atoms with Crippen LogP contribution in [0.1, 0.15) is 5.56 Å². The monoisotopic (exact) mass is 564 g/mol. The molecule has 0 bridgehead atoms. The molecule has 0 aliphatic carbocycles. The van der Waals surface area contributed by atoms with E-state index in [-0.39, 0.29) is 25.8 Å². The maximum atomic E-state index is 13.4. The smallest absolute Gasteiger partial charge is 0.264 e. The molecule has 7 nitrogen and oxygen atoms in total. The van der Waals surface area contributed by atoms with Crippen LogP contribution in [0.4, 0.5) is 10.8 Å². The quantitative estimate of drug-likeness (QED) is 0.199. The Kier molecular flexibility index (Phi) is 8.30. The van der Waals surface area contributed by atoms with Gasteiger partial charge < -0.3 is 0 Å². The normalized spacial score (nSPS) is 11.3. The van der Waals surface area contributed by atoms with Crippen molar-refractivity contribution in [2.45, 2.75) is 15.0 Å². The summed E-state index contributed by atoms with van der Waals surface area (Å²) >= 11 is 14.9. The van der Waals surface area contributed by atoms with Crippen LogP contribution in [-0.4, -0.2) is 31.1 Å². The molecule has 1 heterocycles. The predicted octanol–water partition coefficient (Wildman–Crippen LogP) is 5.97. The van der Waals surface area contributed by atoms with Crippen molar-refractivity contribution in [1.82, 2.24) is 10.2 Å². The first-order valence-corrected chi connectivity index (χ1v) is 14.1. The third-order valence-electron chi connectivity index (χ3n) is 4.61. The van der Waals surface area contributed by atoms with Crippen molar-refractivity contribution >= 4 is 73.0 Å². The van der Waals surface area contributed by atoms with Gasteiger partial charge in [0.2, 0.25) is 11.0 Å². The van der Waals surface area contributed by atoms with Gasteiger partial charge >= 0.3 is 0 Å². The van der Waals surface area contributed by atoms with E-state index in [1.165, 1.54) is 53.4 Å². The topological polar surface area (TPSA) is 92.3 Å². The van der Waals surface area contributed by atoms with Crippen LogP contribution in [0.15, 0.2) is 88.1 Å². The molecule has 0 radical (unpaired) electrons. The van der Waals surface area contributed by atoms with Crippen LogP contribution in [0.25, 0.3) is 0 Å². The number of sulfonamides is 1. The van der Waals surface area contributed by atoms with Crippen molar-refractivity contribution in [3.63, 3.8) is 0 Å². The molecule has 12 heteroatoms. The number of thioether (sulfide) groups is 1. The summed E-state index contributed by atoms with van der Waals surface area (Å²) in [6.07, 6.45) is 0. The molecular formula is C23H18Cl2N4O3S3. The molecule has 0 saturated heterocycles. The van der Waals surface area contributed by atoms with E-state index in [0.717, 1.165) is 9.87 Å². The highest BCUT2D eigenvalue weighted by molar-refractivity contribution is 8.00. The van der Waals surface area contributed by atoms with Crippen LogP contribution in [0.2, 0.25) is 10.0 Å². The van der Waals surface area contributed by atoms with Crippen molar-refractivity contribution in [1.29, 1.82) is 0 Å². The number of hydrogen-bond acceptors (Lipinski definition) is 7. The van der Waals surface area contributed by atoms with Crippen LogP contribution in [-0.2, 0) is 20.6 Å². The summed E-state index contributed by atoms with van der Waals surface area (Å²) in [7, 11) is -4.09. The molecule has 1 amide bonds. The fourth-order valence-electron chi connectivity index (χ4n) is 3.05. The van der Waals surface area contributed by atoms with Gasteiger partial charge in [0.25, 0.3) is 10.0 Å². The summed E-state index contributed by atoms with van der Waals surface area (Å²) in [5.41, 5.74) is 1.30. The number of hydrogen-bond donors (Lipinski definition) is 1. The molecule has 4 rings (SSSR count). The number of benzene rings is 3. The van der Waals surface area contributed by atoms with Gasteiger partial charge in [0.15, 0.2) is 4.34 Å². The lowest BCUT2D eigenvalue weighted by Gasteiger charge is -2.24. The molecule has 0 fully saturated rings. The van der Waals surface area contributed by atoms with Crippen LogP contribution < -0.4 is 9.62 Å². The SMILES string of the molecule is O=C(CN(c1cc(Cl)cc(Cl)c1)S(=O)(=O)c1ccccc1)Nc1nnc(SCc2ccccc2)s1. The minimum absolute atomic E-state index is 0.0272. The Bertz CT molecular complexity index is 1400. The van der Waals surface area contributed by atoms with Crippen LogP contribution >= 0.6 is 46.3 Å². The average Bonchev–Trinajstić information content (AvgIpc) is 3.29. The molecular weight excluding hydrogens is 547 g/mol. The Morgan fingerprint density at radius 3 is 2.23 bits per heavy atom. The number of carbonyl (C=O) groups excluding carboxylic acids is 1. The first-order chi connectivity index (χ1) is 16.8. The molecule has 0 aliphatic heterocycles. The Hall–Kier alpha value is -2.63. The summed E-state index contributed by atoms with van der Waals surface area (Å²) < 4.78 is 28.4. The van der Waals surface area contributed by atoms with E-state index in [1.54, 1.807) is 18.2 Å². The number of aromatic nitrogens is 2. The van der Waals surface area contributed by atoms with Gasteiger partial charge in [-0.05, 0) is 35.9 Å². The summed E-state index contributed by atoms with van der Waals surface area (Å²) in [5, 5.41) is 11.5. The molecule has 35 heavy (non-hydrogen) atoms. The van der Waals surface area contributed by atoms with Crippen molar-refractivity contribution in [3.8, 4) is 0 Å². The zero-order valence-corrected chi connectivity index (χ0v) is 21.9. The van der Waals surface area contributed by atoms with E-state index in [4.69, 9.17) is 23.2 Å². The van der Waals surface area contributed by atoms with Crippen molar-refractivity contribution < 1.29 is 13.2 Å². The molecule has 0 unspecified atom stereocenters. The average molecular weight is 566 g/mol. The van der Waals surface area contributed by atoms with E-state index in [1.807, 2.05) is 30.3 Å². The molecule has 0 atom stereocenters. The Morgan fingerprint density at radius 2 is 1.57 bits per heavy atom. The largest absolute Gasteiger partial charge is 0.299 e. The number of nitrogens with one attached hydrogen (secondary N) is 1. The molecule has 1 N–H and O–H groups in total. The van der Waals surface area contributed by atoms with Crippen molar-refractivity contribution in [2.75, 3.05) is 16.2 Å². The second-order valence-electron chi connectivity index (χ2n) is 7.15. The van der Waals surface area contributed by atoms with E-state index in [0.29, 0.717) is 10.1 Å². The second kappa shape index (κ2) is 11.4. The van der Waals surface area contributed by atoms with E-state index in [9.17, 15) is 13.2 Å². The number of halogens is 2. The lowest BCUT2D eigenvalue weighted by molar-refractivity contribution is -0.114. The fraction of sp³-hybridized carbons (Fsp3) is 0.0870. The van der Waals surface area contributed by atoms with Crippen LogP contribution in [0.3, 0.4) is 0 Å². The van der Waals surface area contributed by atoms with Gasteiger partial charge in [-0.3, -0.25) is 14.4 Å². The number of nitrogens with zero attached hydrogens (tertiary/aromatic N) is 3. The zero-order chi connectivity index (χ0) is 24.8. The summed E-state index contributed by atoms with van der Waals surface area (Å²) in [6, 6.07) is 22.1. The molecule has 3 aromatic carbocycles. The first-order valence-electron chi connectivity index (χ1n) is 10.2. The van der Waals surface area contributed by atoms with Gasteiger partial charge in [0.05, 0.1) is 10.6 Å². The Labute approximate surface area is 221 Å². The number of amides is 1. The van der Waals surface area contributed by atoms with Gasteiger partial charge in [-0.15, -0.1) is 10.2 Å². The summed E-state index contributed by atoms with van der Waals surface area (Å²) in [6.45, 7) is -0.514. The molecule has 0 aliphatic rings. The maximum Gasteiger partial charge on any atom is 0.264 e. The van der Waals surface area contributed by atoms with Crippen LogP contribution in [0, 0.1) is 0 Å². The van der Waals surface area contributed by atoms with Crippen molar-refractivity contribution in [3.05, 3.63) is 94.5 Å². The number of anilines is 2. The van der Waals surface area contributed by atoms with Crippen molar-refractivity contribution in [2.24, 2.45) is 0 Å². The van der Waals surface area contributed by atoms with Gasteiger partial charge in [-0.2, -0.15) is 0 Å². The lowest BCUT2D eigenvalue weighted by Crippen LogP contribution is -2.38. The molecule has 0 spiro atoms. The standard InChI is InChI=1S/C23H18Cl2N4O3S3/c24-17-11-18(25)13-19(12-17)29(35(31,32)20-9-5-2-6-10-20)14-21(30)26-22-27-28-23(34-22)33-15-16-7-3-1-4-8-16/h1-13H,14-15H2,(H,26,27,30). The Balaban J connectivity index is 1.51. The molecule has 0 saturated carbocycles. The summed E-state index contributed by atoms with van der Waals surface area (Å²) in [5.74, 6) is 0.124. The molecule has 4 aromatic rings. The van der Waals surface area contributed by atoms with Crippen LogP contribution in [0.5, 0.6) is 0 Å². The van der Waals surface area contributed by atoms with E-state index >= 15 is 0 Å². The van der Waals surface area contributed by atoms with Gasteiger partial charge in [-0.1, -0.05) is 94.8 Å². The van der Waals surface area contributed by atoms with Gasteiger partial charge in [0.1, 0.15) is 6.54 Å². The Morgan fingerprint density at radius 1 is 0.943 bits per heavy atom. The maximum absolute atomic E-state index is 13.4. The van der Waals surface area contributed by atoms with E-state index in [2.05, 4.69) is 15.5 Å². The third-order valence-corrected chi connectivity index (χ3v) is 8.88. The highest BCUT2D eigenvalue weighted by Crippen LogP contribution is 2.31. The van der Waals surface area contributed by atoms with E-state index < -0.39 is 22.5 Å². The molecule has 1 aromatic heterocycles. The number of carbonyl (C=O) groups is 1. The minimum Gasteiger partial charge on any atom is -0.299 e. The third kappa shape index (κ3) is 6.74.